The van der Waals surface area contributed by atoms with Gasteiger partial charge in [-0.05, 0) is 37.5 Å². The van der Waals surface area contributed by atoms with Crippen LogP contribution in [0.25, 0.3) is 10.9 Å². The van der Waals surface area contributed by atoms with E-state index < -0.39 is 0 Å². The highest BCUT2D eigenvalue weighted by Crippen LogP contribution is 2.28. The van der Waals surface area contributed by atoms with Gasteiger partial charge in [0.25, 0.3) is 5.91 Å². The van der Waals surface area contributed by atoms with Crippen LogP contribution in [-0.4, -0.2) is 84.4 Å². The number of H-pyrrole nitrogens is 1. The molecule has 7 nitrogen and oxygen atoms in total. The minimum Gasteiger partial charge on any atom is -0.380 e. The second-order valence-corrected chi connectivity index (χ2v) is 7.97. The van der Waals surface area contributed by atoms with Crippen molar-refractivity contribution >= 4 is 22.5 Å². The SMILES string of the molecule is CO[C@H]1CCN(c2ccc3c(C(=O)N4CCN5CCC4CC5)n[nH]c3c2)C1. The number of nitrogens with zero attached hydrogens (tertiary/aromatic N) is 4. The average Bonchev–Trinajstić information content (AvgIpc) is 3.25. The first-order chi connectivity index (χ1) is 13.2. The molecule has 0 unspecified atom stereocenters. The number of aromatic nitrogens is 2. The minimum atomic E-state index is 0.0726. The molecule has 2 aromatic rings. The molecule has 4 aliphatic rings. The largest absolute Gasteiger partial charge is 0.380 e. The van der Waals surface area contributed by atoms with Crippen LogP contribution in [0, 0.1) is 0 Å². The molecule has 0 spiro atoms. The maximum atomic E-state index is 13.2. The van der Waals surface area contributed by atoms with Crippen molar-refractivity contribution in [3.05, 3.63) is 23.9 Å². The van der Waals surface area contributed by atoms with Crippen LogP contribution in [-0.2, 0) is 4.74 Å². The molecule has 4 aliphatic heterocycles. The predicted molar refractivity (Wildman–Crippen MR) is 104 cm³/mol. The lowest BCUT2D eigenvalue weighted by Gasteiger charge is -2.31. The molecule has 4 saturated heterocycles. The van der Waals surface area contributed by atoms with E-state index in [2.05, 4.69) is 37.0 Å². The van der Waals surface area contributed by atoms with Gasteiger partial charge in [0.2, 0.25) is 0 Å². The van der Waals surface area contributed by atoms with Gasteiger partial charge < -0.3 is 19.4 Å². The fourth-order valence-electron chi connectivity index (χ4n) is 4.81. The Kier molecular flexibility index (Phi) is 4.28. The van der Waals surface area contributed by atoms with Crippen molar-refractivity contribution < 1.29 is 9.53 Å². The summed E-state index contributed by atoms with van der Waals surface area (Å²) < 4.78 is 5.47. The maximum Gasteiger partial charge on any atom is 0.275 e. The standard InChI is InChI=1S/C20H27N5O2/c1-27-16-6-9-24(13-16)15-2-3-17-18(12-15)21-22-19(17)20(26)25-11-10-23-7-4-14(25)5-8-23/h2-3,12,14,16H,4-11,13H2,1H3,(H,21,22)/t16-/m0/s1. The van der Waals surface area contributed by atoms with E-state index in [4.69, 9.17) is 4.74 Å². The molecular formula is C20H27N5O2. The molecule has 1 aromatic carbocycles. The van der Waals surface area contributed by atoms with Crippen LogP contribution >= 0.6 is 0 Å². The van der Waals surface area contributed by atoms with Crippen LogP contribution in [0.4, 0.5) is 5.69 Å². The molecule has 27 heavy (non-hydrogen) atoms. The summed E-state index contributed by atoms with van der Waals surface area (Å²) in [7, 11) is 1.77. The number of amides is 1. The number of anilines is 1. The van der Waals surface area contributed by atoms with E-state index in [0.29, 0.717) is 17.8 Å². The van der Waals surface area contributed by atoms with Gasteiger partial charge in [-0.3, -0.25) is 9.89 Å². The molecule has 1 N–H and O–H groups in total. The zero-order valence-corrected chi connectivity index (χ0v) is 15.9. The van der Waals surface area contributed by atoms with Crippen LogP contribution in [0.1, 0.15) is 29.8 Å². The number of methoxy groups -OCH3 is 1. The number of piperidine rings is 1. The molecule has 1 aromatic heterocycles. The molecule has 1 amide bonds. The van der Waals surface area contributed by atoms with Crippen molar-refractivity contribution in [1.29, 1.82) is 0 Å². The first-order valence-electron chi connectivity index (χ1n) is 10.0. The summed E-state index contributed by atoms with van der Waals surface area (Å²) in [6.07, 6.45) is 3.50. The molecule has 144 valence electrons. The molecule has 6 rings (SSSR count). The Labute approximate surface area is 159 Å². The van der Waals surface area contributed by atoms with Crippen molar-refractivity contribution in [2.45, 2.75) is 31.4 Å². The summed E-state index contributed by atoms with van der Waals surface area (Å²) >= 11 is 0. The molecule has 5 heterocycles. The molecule has 0 aliphatic carbocycles. The van der Waals surface area contributed by atoms with Crippen molar-refractivity contribution in [3.8, 4) is 0 Å². The molecule has 0 radical (unpaired) electrons. The number of hydrogen-bond acceptors (Lipinski definition) is 5. The van der Waals surface area contributed by atoms with Gasteiger partial charge in [0.05, 0.1) is 11.6 Å². The van der Waals surface area contributed by atoms with Crippen LogP contribution in [0.3, 0.4) is 0 Å². The van der Waals surface area contributed by atoms with Gasteiger partial charge in [-0.25, -0.2) is 0 Å². The van der Waals surface area contributed by atoms with E-state index in [1.165, 1.54) is 0 Å². The van der Waals surface area contributed by atoms with Crippen LogP contribution in [0.5, 0.6) is 0 Å². The summed E-state index contributed by atoms with van der Waals surface area (Å²) in [5.41, 5.74) is 2.65. The van der Waals surface area contributed by atoms with E-state index in [-0.39, 0.29) is 5.91 Å². The topological polar surface area (TPSA) is 64.7 Å². The molecule has 2 bridgehead atoms. The van der Waals surface area contributed by atoms with Gasteiger partial charge >= 0.3 is 0 Å². The summed E-state index contributed by atoms with van der Waals surface area (Å²) in [5.74, 6) is 0.0726. The zero-order valence-electron chi connectivity index (χ0n) is 15.9. The molecule has 7 heteroatoms. The third-order valence-electron chi connectivity index (χ3n) is 6.51. The molecule has 1 atom stereocenters. The molecule has 0 saturated carbocycles. The van der Waals surface area contributed by atoms with Gasteiger partial charge in [-0.1, -0.05) is 0 Å². The number of carbonyl (C=O) groups excluding carboxylic acids is 1. The second kappa shape index (κ2) is 6.80. The molecular weight excluding hydrogens is 342 g/mol. The predicted octanol–water partition coefficient (Wildman–Crippen LogP) is 1.71. The maximum absolute atomic E-state index is 13.2. The van der Waals surface area contributed by atoms with E-state index in [1.807, 2.05) is 6.07 Å². The number of rotatable bonds is 3. The summed E-state index contributed by atoms with van der Waals surface area (Å²) in [5, 5.41) is 8.42. The van der Waals surface area contributed by atoms with E-state index in [0.717, 1.165) is 75.1 Å². The fourth-order valence-corrected chi connectivity index (χ4v) is 4.81. The number of nitrogens with one attached hydrogen (secondary N) is 1. The highest BCUT2D eigenvalue weighted by Gasteiger charge is 2.34. The van der Waals surface area contributed by atoms with Crippen molar-refractivity contribution in [3.63, 3.8) is 0 Å². The highest BCUT2D eigenvalue weighted by molar-refractivity contribution is 6.05. The van der Waals surface area contributed by atoms with Gasteiger partial charge in [-0.2, -0.15) is 5.10 Å². The highest BCUT2D eigenvalue weighted by atomic mass is 16.5. The quantitative estimate of drug-likeness (QED) is 0.892. The number of aromatic amines is 1. The third kappa shape index (κ3) is 2.99. The summed E-state index contributed by atoms with van der Waals surface area (Å²) in [4.78, 5) is 20.1. The Morgan fingerprint density at radius 3 is 2.78 bits per heavy atom. The third-order valence-corrected chi connectivity index (χ3v) is 6.51. The average molecular weight is 369 g/mol. The Hall–Kier alpha value is -2.12. The van der Waals surface area contributed by atoms with Gasteiger partial charge in [0.1, 0.15) is 0 Å². The summed E-state index contributed by atoms with van der Waals surface area (Å²) in [6, 6.07) is 6.61. The fraction of sp³-hybridized carbons (Fsp3) is 0.600. The van der Waals surface area contributed by atoms with Crippen LogP contribution < -0.4 is 4.90 Å². The molecule has 4 fully saturated rings. The van der Waals surface area contributed by atoms with Gasteiger partial charge in [-0.15, -0.1) is 0 Å². The first kappa shape index (κ1) is 17.0. The number of benzene rings is 1. The summed E-state index contributed by atoms with van der Waals surface area (Å²) in [6.45, 7) is 5.91. The second-order valence-electron chi connectivity index (χ2n) is 7.97. The van der Waals surface area contributed by atoms with E-state index in [1.54, 1.807) is 7.11 Å². The number of carbonyl (C=O) groups is 1. The Balaban J connectivity index is 1.40. The Morgan fingerprint density at radius 2 is 2.00 bits per heavy atom. The minimum absolute atomic E-state index is 0.0726. The van der Waals surface area contributed by atoms with Crippen LogP contribution in [0.2, 0.25) is 0 Å². The Bertz CT molecular complexity index is 842. The van der Waals surface area contributed by atoms with E-state index >= 15 is 0 Å². The lowest BCUT2D eigenvalue weighted by Crippen LogP contribution is -2.41. The smallest absolute Gasteiger partial charge is 0.275 e. The van der Waals surface area contributed by atoms with E-state index in [9.17, 15) is 4.79 Å². The number of fused-ring (bicyclic) bond motifs is 5. The van der Waals surface area contributed by atoms with Crippen molar-refractivity contribution in [2.24, 2.45) is 0 Å². The monoisotopic (exact) mass is 369 g/mol. The lowest BCUT2D eigenvalue weighted by molar-refractivity contribution is 0.0681. The zero-order chi connectivity index (χ0) is 18.4. The van der Waals surface area contributed by atoms with Gasteiger partial charge in [0, 0.05) is 63.5 Å². The van der Waals surface area contributed by atoms with Gasteiger partial charge in [0.15, 0.2) is 5.69 Å². The number of ether oxygens (including phenoxy) is 1. The van der Waals surface area contributed by atoms with Crippen LogP contribution in [0.15, 0.2) is 18.2 Å². The lowest BCUT2D eigenvalue weighted by atomic mass is 10.0. The first-order valence-corrected chi connectivity index (χ1v) is 10.0. The van der Waals surface area contributed by atoms with Crippen molar-refractivity contribution in [1.82, 2.24) is 20.0 Å². The Morgan fingerprint density at radius 1 is 1.15 bits per heavy atom. The van der Waals surface area contributed by atoms with Crippen molar-refractivity contribution in [2.75, 3.05) is 51.3 Å². The number of hydrogen-bond donors (Lipinski definition) is 1. The normalized spacial score (nSPS) is 28.1.